The number of carbonyl (C=O) groups is 1. The highest BCUT2D eigenvalue weighted by Crippen LogP contribution is 2.17. The Morgan fingerprint density at radius 2 is 2.12 bits per heavy atom. The van der Waals surface area contributed by atoms with Crippen LogP contribution in [0.3, 0.4) is 0 Å². The summed E-state index contributed by atoms with van der Waals surface area (Å²) in [6, 6.07) is 8.03. The van der Waals surface area contributed by atoms with Gasteiger partial charge >= 0.3 is 0 Å². The first-order valence-corrected chi connectivity index (χ1v) is 8.67. The summed E-state index contributed by atoms with van der Waals surface area (Å²) in [6.45, 7) is 7.45. The Morgan fingerprint density at radius 1 is 1.32 bits per heavy atom. The number of amides is 1. The zero-order valence-corrected chi connectivity index (χ0v) is 14.8. The predicted octanol–water partition coefficient (Wildman–Crippen LogP) is 1.92. The van der Waals surface area contributed by atoms with Gasteiger partial charge in [-0.15, -0.1) is 0 Å². The molecule has 0 saturated carbocycles. The maximum Gasteiger partial charge on any atom is 0.226 e. The SMILES string of the molecule is CC1CN(Cc2cccc(NC(=O)CCn3cncn3)c2)CC(C)O1. The lowest BCUT2D eigenvalue weighted by Crippen LogP contribution is -2.44. The minimum absolute atomic E-state index is 0.0266. The van der Waals surface area contributed by atoms with E-state index in [1.54, 1.807) is 11.0 Å². The standard InChI is InChI=1S/C18H25N5O2/c1-14-9-22(10-15(2)25-14)11-16-4-3-5-17(8-16)21-18(24)6-7-23-13-19-12-20-23/h3-5,8,12-15H,6-7,9-11H2,1-2H3,(H,21,24). The Bertz CT molecular complexity index is 679. The highest BCUT2D eigenvalue weighted by Gasteiger charge is 2.22. The summed E-state index contributed by atoms with van der Waals surface area (Å²) in [7, 11) is 0. The van der Waals surface area contributed by atoms with Gasteiger partial charge in [-0.2, -0.15) is 5.10 Å². The van der Waals surface area contributed by atoms with Gasteiger partial charge in [0.05, 0.1) is 18.8 Å². The van der Waals surface area contributed by atoms with Crippen molar-refractivity contribution in [1.82, 2.24) is 19.7 Å². The molecule has 1 aromatic heterocycles. The van der Waals surface area contributed by atoms with Gasteiger partial charge in [0, 0.05) is 31.7 Å². The summed E-state index contributed by atoms with van der Waals surface area (Å²) in [5.74, 6) is -0.0266. The molecule has 0 aliphatic carbocycles. The monoisotopic (exact) mass is 343 g/mol. The van der Waals surface area contributed by atoms with Crippen LogP contribution in [0.5, 0.6) is 0 Å². The smallest absolute Gasteiger partial charge is 0.226 e. The fourth-order valence-electron chi connectivity index (χ4n) is 3.21. The fourth-order valence-corrected chi connectivity index (χ4v) is 3.21. The molecule has 1 amide bonds. The molecule has 0 bridgehead atoms. The highest BCUT2D eigenvalue weighted by molar-refractivity contribution is 5.90. The molecule has 2 atom stereocenters. The number of hydrogen-bond acceptors (Lipinski definition) is 5. The molecule has 1 aliphatic rings. The van der Waals surface area contributed by atoms with Gasteiger partial charge in [-0.1, -0.05) is 12.1 Å². The van der Waals surface area contributed by atoms with Crippen LogP contribution in [-0.4, -0.2) is 50.9 Å². The van der Waals surface area contributed by atoms with Crippen LogP contribution in [0.25, 0.3) is 0 Å². The Hall–Kier alpha value is -2.25. The van der Waals surface area contributed by atoms with Crippen molar-refractivity contribution in [2.45, 2.75) is 45.6 Å². The quantitative estimate of drug-likeness (QED) is 0.867. The van der Waals surface area contributed by atoms with Gasteiger partial charge in [0.25, 0.3) is 0 Å². The van der Waals surface area contributed by atoms with Gasteiger partial charge < -0.3 is 10.1 Å². The maximum atomic E-state index is 12.1. The second-order valence-corrected chi connectivity index (χ2v) is 6.61. The van der Waals surface area contributed by atoms with Crippen LogP contribution in [0.15, 0.2) is 36.9 Å². The molecule has 2 aromatic rings. The minimum atomic E-state index is -0.0266. The van der Waals surface area contributed by atoms with Crippen LogP contribution in [0.1, 0.15) is 25.8 Å². The van der Waals surface area contributed by atoms with Crippen molar-refractivity contribution >= 4 is 11.6 Å². The Balaban J connectivity index is 1.53. The first-order valence-electron chi connectivity index (χ1n) is 8.67. The molecule has 1 N–H and O–H groups in total. The van der Waals surface area contributed by atoms with E-state index in [0.717, 1.165) is 25.3 Å². The predicted molar refractivity (Wildman–Crippen MR) is 95.0 cm³/mol. The van der Waals surface area contributed by atoms with Crippen molar-refractivity contribution in [2.24, 2.45) is 0 Å². The molecule has 25 heavy (non-hydrogen) atoms. The van der Waals surface area contributed by atoms with Crippen molar-refractivity contribution < 1.29 is 9.53 Å². The molecule has 1 aromatic carbocycles. The van der Waals surface area contributed by atoms with Crippen molar-refractivity contribution in [2.75, 3.05) is 18.4 Å². The number of rotatable bonds is 6. The third-order valence-electron chi connectivity index (χ3n) is 4.15. The molecule has 1 aliphatic heterocycles. The molecule has 134 valence electrons. The summed E-state index contributed by atoms with van der Waals surface area (Å²) in [5.41, 5.74) is 2.02. The van der Waals surface area contributed by atoms with E-state index in [1.165, 1.54) is 11.9 Å². The van der Waals surface area contributed by atoms with Crippen molar-refractivity contribution in [3.05, 3.63) is 42.5 Å². The number of anilines is 1. The topological polar surface area (TPSA) is 72.3 Å². The molecule has 0 spiro atoms. The second kappa shape index (κ2) is 8.22. The van der Waals surface area contributed by atoms with Crippen LogP contribution in [0.4, 0.5) is 5.69 Å². The normalized spacial score (nSPS) is 21.2. The van der Waals surface area contributed by atoms with E-state index in [0.29, 0.717) is 13.0 Å². The van der Waals surface area contributed by atoms with E-state index < -0.39 is 0 Å². The van der Waals surface area contributed by atoms with Crippen LogP contribution >= 0.6 is 0 Å². The van der Waals surface area contributed by atoms with Crippen molar-refractivity contribution in [3.63, 3.8) is 0 Å². The van der Waals surface area contributed by atoms with Crippen molar-refractivity contribution in [1.29, 1.82) is 0 Å². The molecule has 1 fully saturated rings. The van der Waals surface area contributed by atoms with Gasteiger partial charge in [-0.25, -0.2) is 4.98 Å². The van der Waals surface area contributed by atoms with Crippen LogP contribution < -0.4 is 5.32 Å². The molecular formula is C18H25N5O2. The number of aromatic nitrogens is 3. The Morgan fingerprint density at radius 3 is 2.84 bits per heavy atom. The summed E-state index contributed by atoms with van der Waals surface area (Å²) >= 11 is 0. The zero-order valence-electron chi connectivity index (χ0n) is 14.8. The van der Waals surface area contributed by atoms with E-state index in [2.05, 4.69) is 40.2 Å². The van der Waals surface area contributed by atoms with E-state index in [1.807, 2.05) is 18.2 Å². The van der Waals surface area contributed by atoms with Crippen LogP contribution in [0.2, 0.25) is 0 Å². The van der Waals surface area contributed by atoms with Crippen LogP contribution in [0, 0.1) is 0 Å². The summed E-state index contributed by atoms with van der Waals surface area (Å²) < 4.78 is 7.43. The number of carbonyl (C=O) groups excluding carboxylic acids is 1. The Kier molecular flexibility index (Phi) is 5.78. The van der Waals surface area contributed by atoms with Gasteiger partial charge in [0.2, 0.25) is 5.91 Å². The molecule has 0 radical (unpaired) electrons. The third-order valence-corrected chi connectivity index (χ3v) is 4.15. The number of aryl methyl sites for hydroxylation is 1. The van der Waals surface area contributed by atoms with E-state index in [9.17, 15) is 4.79 Å². The zero-order chi connectivity index (χ0) is 17.6. The lowest BCUT2D eigenvalue weighted by atomic mass is 10.1. The first-order chi connectivity index (χ1) is 12.1. The Labute approximate surface area is 148 Å². The van der Waals surface area contributed by atoms with E-state index >= 15 is 0 Å². The molecule has 7 heteroatoms. The second-order valence-electron chi connectivity index (χ2n) is 6.61. The highest BCUT2D eigenvalue weighted by atomic mass is 16.5. The molecule has 7 nitrogen and oxygen atoms in total. The molecule has 2 heterocycles. The third kappa shape index (κ3) is 5.37. The summed E-state index contributed by atoms with van der Waals surface area (Å²) in [5, 5.41) is 6.95. The summed E-state index contributed by atoms with van der Waals surface area (Å²) in [4.78, 5) is 18.4. The maximum absolute atomic E-state index is 12.1. The minimum Gasteiger partial charge on any atom is -0.373 e. The average molecular weight is 343 g/mol. The fraction of sp³-hybridized carbons (Fsp3) is 0.500. The van der Waals surface area contributed by atoms with Gasteiger partial charge in [0.15, 0.2) is 0 Å². The molecule has 1 saturated heterocycles. The van der Waals surface area contributed by atoms with Gasteiger partial charge in [-0.05, 0) is 31.5 Å². The number of morpholine rings is 1. The lowest BCUT2D eigenvalue weighted by Gasteiger charge is -2.35. The van der Waals surface area contributed by atoms with Gasteiger partial charge in [-0.3, -0.25) is 14.4 Å². The molecular weight excluding hydrogens is 318 g/mol. The van der Waals surface area contributed by atoms with E-state index in [4.69, 9.17) is 4.74 Å². The van der Waals surface area contributed by atoms with Crippen LogP contribution in [-0.2, 0) is 22.6 Å². The number of nitrogens with zero attached hydrogens (tertiary/aromatic N) is 4. The lowest BCUT2D eigenvalue weighted by molar-refractivity contribution is -0.116. The number of nitrogens with one attached hydrogen (secondary N) is 1. The number of hydrogen-bond donors (Lipinski definition) is 1. The van der Waals surface area contributed by atoms with Gasteiger partial charge in [0.1, 0.15) is 12.7 Å². The largest absolute Gasteiger partial charge is 0.373 e. The summed E-state index contributed by atoms with van der Waals surface area (Å²) in [6.07, 6.45) is 3.95. The number of ether oxygens (including phenoxy) is 1. The van der Waals surface area contributed by atoms with Crippen molar-refractivity contribution in [3.8, 4) is 0 Å². The molecule has 2 unspecified atom stereocenters. The average Bonchev–Trinajstić information content (AvgIpc) is 3.06. The molecule has 3 rings (SSSR count). The first kappa shape index (κ1) is 17.6. The van der Waals surface area contributed by atoms with E-state index in [-0.39, 0.29) is 18.1 Å². The number of benzene rings is 1.